The van der Waals surface area contributed by atoms with Crippen LogP contribution >= 0.6 is 11.6 Å². The van der Waals surface area contributed by atoms with Crippen LogP contribution in [0.2, 0.25) is 5.02 Å². The van der Waals surface area contributed by atoms with E-state index in [1.54, 1.807) is 86.8 Å². The molecule has 1 unspecified atom stereocenters. The fourth-order valence-electron chi connectivity index (χ4n) is 5.53. The number of nitrogens with one attached hydrogen (secondary N) is 3. The molecule has 0 aliphatic carbocycles. The van der Waals surface area contributed by atoms with Crippen molar-refractivity contribution >= 4 is 67.4 Å². The summed E-state index contributed by atoms with van der Waals surface area (Å²) in [5.41, 5.74) is 4.33. The van der Waals surface area contributed by atoms with E-state index in [1.165, 1.54) is 6.07 Å². The molecule has 6 rings (SSSR count). The first kappa shape index (κ1) is 31.8. The average molecular weight is 671 g/mol. The molecule has 3 amide bonds. The van der Waals surface area contributed by atoms with Crippen LogP contribution in [0.5, 0.6) is 0 Å². The summed E-state index contributed by atoms with van der Waals surface area (Å²) in [5.74, 6) is -1.33. The zero-order valence-corrected chi connectivity index (χ0v) is 27.1. The van der Waals surface area contributed by atoms with Crippen LogP contribution in [0.15, 0.2) is 101 Å². The van der Waals surface area contributed by atoms with Crippen LogP contribution in [0, 0.1) is 13.8 Å². The molecule has 0 bridgehead atoms. The highest BCUT2D eigenvalue weighted by molar-refractivity contribution is 7.93. The van der Waals surface area contributed by atoms with E-state index >= 15 is 0 Å². The molecule has 0 radical (unpaired) electrons. The number of amides is 3. The van der Waals surface area contributed by atoms with E-state index in [9.17, 15) is 22.8 Å². The van der Waals surface area contributed by atoms with E-state index in [2.05, 4.69) is 16.0 Å². The standard InChI is InChI=1S/C35H31ClN4O6S/c1-21-18-32(22(2)17-27(21)36)47(44,45)40-29-6-4-3-5-28(29)39-35(43)30(40)20-33(41)37-15-13-23-7-10-26(11-8-23)38-34(42)25-9-12-31-24(19-25)14-16-46-31/h3-12,14,16-19,30H,13,15,20H2,1-2H3,(H,37,41)(H,38,42)(H,39,43). The Morgan fingerprint density at radius 2 is 1.72 bits per heavy atom. The lowest BCUT2D eigenvalue weighted by Crippen LogP contribution is -2.53. The fraction of sp³-hybridized carbons (Fsp3) is 0.171. The summed E-state index contributed by atoms with van der Waals surface area (Å²) < 4.78 is 34.6. The van der Waals surface area contributed by atoms with Crippen LogP contribution in [0.4, 0.5) is 17.1 Å². The summed E-state index contributed by atoms with van der Waals surface area (Å²) in [4.78, 5) is 39.1. The van der Waals surface area contributed by atoms with Gasteiger partial charge in [-0.1, -0.05) is 35.9 Å². The van der Waals surface area contributed by atoms with E-state index < -0.39 is 27.9 Å². The Morgan fingerprint density at radius 3 is 2.51 bits per heavy atom. The van der Waals surface area contributed by atoms with E-state index in [4.69, 9.17) is 16.0 Å². The molecule has 0 spiro atoms. The number of sulfonamides is 1. The van der Waals surface area contributed by atoms with Crippen molar-refractivity contribution in [3.63, 3.8) is 0 Å². The highest BCUT2D eigenvalue weighted by atomic mass is 35.5. The number of anilines is 3. The Kier molecular flexibility index (Phi) is 8.76. The van der Waals surface area contributed by atoms with Gasteiger partial charge in [0.2, 0.25) is 11.8 Å². The third-order valence-electron chi connectivity index (χ3n) is 8.02. The molecule has 4 aromatic carbocycles. The summed E-state index contributed by atoms with van der Waals surface area (Å²) in [6.07, 6.45) is 1.66. The van der Waals surface area contributed by atoms with E-state index in [0.29, 0.717) is 45.1 Å². The normalized spacial score (nSPS) is 14.4. The second kappa shape index (κ2) is 12.9. The first-order chi connectivity index (χ1) is 22.5. The lowest BCUT2D eigenvalue weighted by molar-refractivity contribution is -0.125. The molecular weight excluding hydrogens is 640 g/mol. The van der Waals surface area contributed by atoms with Gasteiger partial charge in [0.25, 0.3) is 15.9 Å². The molecule has 0 fully saturated rings. The number of hydrogen-bond acceptors (Lipinski definition) is 6. The summed E-state index contributed by atoms with van der Waals surface area (Å²) in [5, 5.41) is 9.69. The van der Waals surface area contributed by atoms with Crippen LogP contribution < -0.4 is 20.3 Å². The van der Waals surface area contributed by atoms with Crippen molar-refractivity contribution in [3.8, 4) is 0 Å². The Bertz CT molecular complexity index is 2130. The lowest BCUT2D eigenvalue weighted by atomic mass is 10.1. The number of rotatable bonds is 9. The topological polar surface area (TPSA) is 138 Å². The molecule has 240 valence electrons. The van der Waals surface area contributed by atoms with Crippen molar-refractivity contribution in [2.24, 2.45) is 0 Å². The number of nitrogens with zero attached hydrogens (tertiary/aromatic N) is 1. The summed E-state index contributed by atoms with van der Waals surface area (Å²) in [7, 11) is -4.27. The van der Waals surface area contributed by atoms with Crippen LogP contribution in [-0.4, -0.2) is 38.7 Å². The number of para-hydroxylation sites is 2. The van der Waals surface area contributed by atoms with Gasteiger partial charge in [0, 0.05) is 28.2 Å². The molecule has 5 aromatic rings. The van der Waals surface area contributed by atoms with Gasteiger partial charge in [-0.15, -0.1) is 0 Å². The predicted molar refractivity (Wildman–Crippen MR) is 181 cm³/mol. The van der Waals surface area contributed by atoms with Gasteiger partial charge in [-0.05, 0) is 97.6 Å². The van der Waals surface area contributed by atoms with Gasteiger partial charge in [0.1, 0.15) is 11.6 Å². The van der Waals surface area contributed by atoms with E-state index in [-0.39, 0.29) is 29.5 Å². The maximum Gasteiger partial charge on any atom is 0.265 e. The summed E-state index contributed by atoms with van der Waals surface area (Å²) in [6.45, 7) is 3.59. The molecule has 1 aromatic heterocycles. The highest BCUT2D eigenvalue weighted by Crippen LogP contribution is 2.38. The van der Waals surface area contributed by atoms with Crippen LogP contribution in [0.25, 0.3) is 11.0 Å². The highest BCUT2D eigenvalue weighted by Gasteiger charge is 2.42. The van der Waals surface area contributed by atoms with Crippen LogP contribution in [0.3, 0.4) is 0 Å². The maximum atomic E-state index is 14.1. The van der Waals surface area contributed by atoms with Gasteiger partial charge >= 0.3 is 0 Å². The van der Waals surface area contributed by atoms with Gasteiger partial charge in [0.15, 0.2) is 0 Å². The van der Waals surface area contributed by atoms with Crippen molar-refractivity contribution in [1.82, 2.24) is 5.32 Å². The van der Waals surface area contributed by atoms with Gasteiger partial charge in [-0.2, -0.15) is 0 Å². The number of fused-ring (bicyclic) bond motifs is 2. The zero-order chi connectivity index (χ0) is 33.3. The van der Waals surface area contributed by atoms with Crippen LogP contribution in [-0.2, 0) is 26.0 Å². The van der Waals surface area contributed by atoms with E-state index in [1.807, 2.05) is 12.1 Å². The molecule has 10 nitrogen and oxygen atoms in total. The molecule has 0 saturated heterocycles. The number of carbonyl (C=O) groups excluding carboxylic acids is 3. The summed E-state index contributed by atoms with van der Waals surface area (Å²) >= 11 is 6.23. The first-order valence-electron chi connectivity index (χ1n) is 14.9. The molecule has 12 heteroatoms. The SMILES string of the molecule is Cc1cc(S(=O)(=O)N2c3ccccc3NC(=O)C2CC(=O)NCCc2ccc(NC(=O)c3ccc4occc4c3)cc2)c(C)cc1Cl. The third kappa shape index (κ3) is 6.58. The average Bonchev–Trinajstić information content (AvgIpc) is 3.52. The Hall–Kier alpha value is -5.13. The van der Waals surface area contributed by atoms with Gasteiger partial charge < -0.3 is 20.4 Å². The molecule has 0 saturated carbocycles. The molecule has 3 N–H and O–H groups in total. The second-order valence-electron chi connectivity index (χ2n) is 11.3. The first-order valence-corrected chi connectivity index (χ1v) is 16.7. The van der Waals surface area contributed by atoms with Crippen molar-refractivity contribution < 1.29 is 27.2 Å². The maximum absolute atomic E-state index is 14.1. The molecule has 1 aliphatic rings. The minimum Gasteiger partial charge on any atom is -0.464 e. The Morgan fingerprint density at radius 1 is 0.957 bits per heavy atom. The molecule has 1 aliphatic heterocycles. The number of hydrogen-bond donors (Lipinski definition) is 3. The Labute approximate surface area is 276 Å². The van der Waals surface area contributed by atoms with E-state index in [0.717, 1.165) is 15.3 Å². The lowest BCUT2D eigenvalue weighted by Gasteiger charge is -2.37. The number of carbonyl (C=O) groups is 3. The van der Waals surface area contributed by atoms with Crippen molar-refractivity contribution in [2.75, 3.05) is 21.5 Å². The zero-order valence-electron chi connectivity index (χ0n) is 25.5. The third-order valence-corrected chi connectivity index (χ3v) is 10.4. The molecule has 1 atom stereocenters. The number of halogens is 1. The number of benzene rings is 4. The minimum absolute atomic E-state index is 0.00739. The quantitative estimate of drug-likeness (QED) is 0.170. The monoisotopic (exact) mass is 670 g/mol. The van der Waals surface area contributed by atoms with Gasteiger partial charge in [-0.3, -0.25) is 18.7 Å². The molecular formula is C35H31ClN4O6S. The molecule has 47 heavy (non-hydrogen) atoms. The summed E-state index contributed by atoms with van der Waals surface area (Å²) in [6, 6.07) is 22.6. The van der Waals surface area contributed by atoms with Crippen molar-refractivity contribution in [3.05, 3.63) is 118 Å². The molecule has 2 heterocycles. The minimum atomic E-state index is -4.27. The number of aryl methyl sites for hydroxylation is 2. The van der Waals surface area contributed by atoms with Crippen molar-refractivity contribution in [1.29, 1.82) is 0 Å². The van der Waals surface area contributed by atoms with Crippen LogP contribution in [0.1, 0.15) is 33.5 Å². The Balaban J connectivity index is 1.11. The number of furan rings is 1. The fourth-order valence-corrected chi connectivity index (χ4v) is 7.68. The predicted octanol–water partition coefficient (Wildman–Crippen LogP) is 6.22. The largest absolute Gasteiger partial charge is 0.464 e. The van der Waals surface area contributed by atoms with Gasteiger partial charge in [-0.25, -0.2) is 8.42 Å². The van der Waals surface area contributed by atoms with Gasteiger partial charge in [0.05, 0.1) is 29.0 Å². The smallest absolute Gasteiger partial charge is 0.265 e. The van der Waals surface area contributed by atoms with Crippen molar-refractivity contribution in [2.45, 2.75) is 37.6 Å². The second-order valence-corrected chi connectivity index (χ2v) is 13.5.